The average molecular weight is 363 g/mol. The topological polar surface area (TPSA) is 65.4 Å². The van der Waals surface area contributed by atoms with Crippen molar-refractivity contribution in [3.8, 4) is 5.75 Å². The molecule has 2 heterocycles. The number of aryl methyl sites for hydroxylation is 1. The molecule has 6 nitrogen and oxygen atoms in total. The van der Waals surface area contributed by atoms with Crippen LogP contribution in [0.4, 0.5) is 0 Å². The zero-order chi connectivity index (χ0) is 16.9. The molecular weight excluding hydrogens is 348 g/mol. The minimum Gasteiger partial charge on any atom is -0.484 e. The Morgan fingerprint density at radius 2 is 2.25 bits per heavy atom. The van der Waals surface area contributed by atoms with E-state index in [9.17, 15) is 0 Å². The first-order valence-electron chi connectivity index (χ1n) is 7.12. The van der Waals surface area contributed by atoms with Crippen molar-refractivity contribution in [1.29, 1.82) is 0 Å². The van der Waals surface area contributed by atoms with Gasteiger partial charge in [0.2, 0.25) is 5.16 Å². The van der Waals surface area contributed by atoms with Gasteiger partial charge in [-0.2, -0.15) is 9.78 Å². The monoisotopic (exact) mass is 362 g/mol. The van der Waals surface area contributed by atoms with E-state index in [2.05, 4.69) is 15.3 Å². The van der Waals surface area contributed by atoms with Gasteiger partial charge < -0.3 is 9.15 Å². The van der Waals surface area contributed by atoms with E-state index >= 15 is 0 Å². The van der Waals surface area contributed by atoms with E-state index in [0.29, 0.717) is 34.1 Å². The van der Waals surface area contributed by atoms with Crippen LogP contribution in [0.15, 0.2) is 51.3 Å². The van der Waals surface area contributed by atoms with Crippen LogP contribution in [0.1, 0.15) is 17.1 Å². The third kappa shape index (κ3) is 3.80. The van der Waals surface area contributed by atoms with Gasteiger partial charge in [-0.25, -0.2) is 0 Å². The molecule has 0 fully saturated rings. The summed E-state index contributed by atoms with van der Waals surface area (Å²) in [5, 5.41) is 13.3. The molecule has 0 aliphatic carbocycles. The van der Waals surface area contributed by atoms with Crippen LogP contribution < -0.4 is 4.74 Å². The normalized spacial score (nSPS) is 11.3. The summed E-state index contributed by atoms with van der Waals surface area (Å²) in [7, 11) is 0. The number of aromatic nitrogens is 3. The van der Waals surface area contributed by atoms with Crippen LogP contribution in [0.25, 0.3) is 0 Å². The number of nitrogens with zero attached hydrogens (tertiary/aromatic N) is 4. The number of halogens is 1. The molecule has 0 N–H and O–H groups in total. The molecular formula is C16H15ClN4O2S. The number of ether oxygens (including phenoxy) is 1. The second-order valence-electron chi connectivity index (χ2n) is 4.89. The van der Waals surface area contributed by atoms with Crippen LogP contribution in [-0.2, 0) is 6.61 Å². The summed E-state index contributed by atoms with van der Waals surface area (Å²) in [5.74, 6) is 1.97. The lowest BCUT2D eigenvalue weighted by molar-refractivity contribution is 0.268. The second-order valence-corrected chi connectivity index (χ2v) is 6.07. The second kappa shape index (κ2) is 7.55. The fraction of sp³-hybridized carbons (Fsp3) is 0.188. The highest BCUT2D eigenvalue weighted by molar-refractivity contribution is 7.98. The van der Waals surface area contributed by atoms with E-state index in [1.54, 1.807) is 17.0 Å². The maximum absolute atomic E-state index is 6.14. The third-order valence-electron chi connectivity index (χ3n) is 3.20. The quantitative estimate of drug-likeness (QED) is 0.489. The third-order valence-corrected chi connectivity index (χ3v) is 4.13. The first kappa shape index (κ1) is 16.6. The zero-order valence-corrected chi connectivity index (χ0v) is 14.7. The van der Waals surface area contributed by atoms with E-state index in [-0.39, 0.29) is 0 Å². The van der Waals surface area contributed by atoms with Gasteiger partial charge in [-0.3, -0.25) is 0 Å². The molecule has 0 bridgehead atoms. The molecule has 0 radical (unpaired) electrons. The Labute approximate surface area is 148 Å². The standard InChI is InChI=1S/C16H15ClN4O2S/c1-11-4-3-5-14(17)15(11)22-9-13-7-6-12(23-13)8-19-21-10-18-20-16(21)24-2/h3-8,10H,9H2,1-2H3. The van der Waals surface area contributed by atoms with E-state index in [0.717, 1.165) is 5.56 Å². The Hall–Kier alpha value is -2.25. The molecule has 3 rings (SSSR count). The summed E-state index contributed by atoms with van der Waals surface area (Å²) in [6.07, 6.45) is 5.05. The molecule has 0 saturated heterocycles. The molecule has 0 aliphatic heterocycles. The van der Waals surface area contributed by atoms with Crippen molar-refractivity contribution in [1.82, 2.24) is 14.9 Å². The number of para-hydroxylation sites is 1. The number of benzene rings is 1. The Morgan fingerprint density at radius 1 is 1.38 bits per heavy atom. The molecule has 24 heavy (non-hydrogen) atoms. The van der Waals surface area contributed by atoms with Gasteiger partial charge in [0.15, 0.2) is 0 Å². The van der Waals surface area contributed by atoms with Gasteiger partial charge in [-0.15, -0.1) is 10.2 Å². The van der Waals surface area contributed by atoms with Gasteiger partial charge in [0.1, 0.15) is 30.2 Å². The average Bonchev–Trinajstić information content (AvgIpc) is 3.21. The van der Waals surface area contributed by atoms with Crippen molar-refractivity contribution >= 4 is 29.6 Å². The molecule has 8 heteroatoms. The first-order chi connectivity index (χ1) is 11.7. The van der Waals surface area contributed by atoms with E-state index in [1.807, 2.05) is 37.4 Å². The fourth-order valence-corrected chi connectivity index (χ4v) is 2.72. The predicted molar refractivity (Wildman–Crippen MR) is 94.0 cm³/mol. The van der Waals surface area contributed by atoms with Gasteiger partial charge in [0.25, 0.3) is 0 Å². The van der Waals surface area contributed by atoms with Crippen molar-refractivity contribution in [2.24, 2.45) is 5.10 Å². The summed E-state index contributed by atoms with van der Waals surface area (Å²) < 4.78 is 13.0. The summed E-state index contributed by atoms with van der Waals surface area (Å²) in [6, 6.07) is 9.30. The van der Waals surface area contributed by atoms with Crippen molar-refractivity contribution in [3.05, 3.63) is 58.8 Å². The highest BCUT2D eigenvalue weighted by atomic mass is 35.5. The van der Waals surface area contributed by atoms with Crippen molar-refractivity contribution < 1.29 is 9.15 Å². The van der Waals surface area contributed by atoms with Crippen LogP contribution >= 0.6 is 23.4 Å². The van der Waals surface area contributed by atoms with Crippen molar-refractivity contribution in [3.63, 3.8) is 0 Å². The molecule has 0 unspecified atom stereocenters. The molecule has 124 valence electrons. The number of hydrogen-bond donors (Lipinski definition) is 0. The predicted octanol–water partition coefficient (Wildman–Crippen LogP) is 4.02. The molecule has 3 aromatic rings. The van der Waals surface area contributed by atoms with Gasteiger partial charge in [0.05, 0.1) is 11.2 Å². The lowest BCUT2D eigenvalue weighted by Crippen LogP contribution is -1.96. The summed E-state index contributed by atoms with van der Waals surface area (Å²) >= 11 is 7.61. The van der Waals surface area contributed by atoms with Crippen molar-refractivity contribution in [2.45, 2.75) is 18.7 Å². The highest BCUT2D eigenvalue weighted by Crippen LogP contribution is 2.28. The number of rotatable bonds is 6. The SMILES string of the molecule is CSc1nncn1N=Cc1ccc(COc2c(C)cccc2Cl)o1. The minimum atomic E-state index is 0.293. The minimum absolute atomic E-state index is 0.293. The molecule has 0 saturated carbocycles. The van der Waals surface area contributed by atoms with Gasteiger partial charge in [0, 0.05) is 0 Å². The fourth-order valence-electron chi connectivity index (χ4n) is 2.04. The highest BCUT2D eigenvalue weighted by Gasteiger charge is 2.07. The van der Waals surface area contributed by atoms with Crippen molar-refractivity contribution in [2.75, 3.05) is 6.26 Å². The molecule has 0 spiro atoms. The summed E-state index contributed by atoms with van der Waals surface area (Å²) in [6.45, 7) is 2.24. The largest absolute Gasteiger partial charge is 0.484 e. The molecule has 1 aromatic carbocycles. The van der Waals surface area contributed by atoms with Gasteiger partial charge in [-0.1, -0.05) is 35.5 Å². The Kier molecular flexibility index (Phi) is 5.22. The van der Waals surface area contributed by atoms with Gasteiger partial charge in [-0.05, 0) is 36.9 Å². The number of hydrogen-bond acceptors (Lipinski definition) is 6. The van der Waals surface area contributed by atoms with Crippen LogP contribution in [0, 0.1) is 6.92 Å². The van der Waals surface area contributed by atoms with Crippen LogP contribution in [0.5, 0.6) is 5.75 Å². The molecule has 0 atom stereocenters. The van der Waals surface area contributed by atoms with Crippen LogP contribution in [0.3, 0.4) is 0 Å². The van der Waals surface area contributed by atoms with Crippen LogP contribution in [0.2, 0.25) is 5.02 Å². The Bertz CT molecular complexity index is 839. The lowest BCUT2D eigenvalue weighted by atomic mass is 10.2. The number of thioether (sulfide) groups is 1. The zero-order valence-electron chi connectivity index (χ0n) is 13.1. The summed E-state index contributed by atoms with van der Waals surface area (Å²) in [5.41, 5.74) is 0.980. The lowest BCUT2D eigenvalue weighted by Gasteiger charge is -2.09. The Balaban J connectivity index is 1.66. The van der Waals surface area contributed by atoms with E-state index in [4.69, 9.17) is 20.8 Å². The van der Waals surface area contributed by atoms with Gasteiger partial charge >= 0.3 is 0 Å². The molecule has 0 aliphatic rings. The maximum atomic E-state index is 6.14. The number of furan rings is 1. The maximum Gasteiger partial charge on any atom is 0.211 e. The summed E-state index contributed by atoms with van der Waals surface area (Å²) in [4.78, 5) is 0. The van der Waals surface area contributed by atoms with E-state index < -0.39 is 0 Å². The smallest absolute Gasteiger partial charge is 0.211 e. The first-order valence-corrected chi connectivity index (χ1v) is 8.72. The molecule has 0 amide bonds. The van der Waals surface area contributed by atoms with E-state index in [1.165, 1.54) is 18.1 Å². The van der Waals surface area contributed by atoms with Crippen LogP contribution in [-0.4, -0.2) is 27.3 Å². The Morgan fingerprint density at radius 3 is 3.04 bits per heavy atom. The molecule has 2 aromatic heterocycles.